The summed E-state index contributed by atoms with van der Waals surface area (Å²) in [6.07, 6.45) is -1.90. The predicted molar refractivity (Wildman–Crippen MR) is 111 cm³/mol. The summed E-state index contributed by atoms with van der Waals surface area (Å²) in [5.41, 5.74) is 1.81. The first-order valence-electron chi connectivity index (χ1n) is 10.6. The monoisotopic (exact) mass is 436 g/mol. The lowest BCUT2D eigenvalue weighted by molar-refractivity contribution is -0.274. The Kier molecular flexibility index (Phi) is 5.96. The van der Waals surface area contributed by atoms with E-state index in [0.717, 1.165) is 35.6 Å². The molecule has 1 aliphatic carbocycles. The van der Waals surface area contributed by atoms with Crippen molar-refractivity contribution in [3.05, 3.63) is 41.2 Å². The zero-order valence-electron chi connectivity index (χ0n) is 17.6. The molecule has 1 atom stereocenters. The van der Waals surface area contributed by atoms with Crippen LogP contribution >= 0.6 is 0 Å². The van der Waals surface area contributed by atoms with Crippen molar-refractivity contribution in [3.8, 4) is 5.75 Å². The fraction of sp³-hybridized carbons (Fsp3) is 0.545. The average molecular weight is 436 g/mol. The van der Waals surface area contributed by atoms with E-state index in [2.05, 4.69) is 19.9 Å². The highest BCUT2D eigenvalue weighted by atomic mass is 19.4. The fourth-order valence-electron chi connectivity index (χ4n) is 3.75. The molecule has 4 rings (SSSR count). The molecule has 6 nitrogen and oxygen atoms in total. The number of nitrogens with zero attached hydrogens (tertiary/aromatic N) is 3. The standard InChI is InChI=1S/C22H27F3N4O2/c1-13(2)18(12-30)26-19-10-20(28-21(27-19)15-3-4-15)29-8-7-14-5-6-17(9-16(14)11-29)31-22(23,24)25/h5-6,9-10,13,15,18,30H,3-4,7-8,11-12H2,1-2H3,(H,26,27,28)/t18-/m0/s1. The topological polar surface area (TPSA) is 70.5 Å². The van der Waals surface area contributed by atoms with Crippen molar-refractivity contribution in [2.24, 2.45) is 5.92 Å². The molecule has 0 unspecified atom stereocenters. The number of fused-ring (bicyclic) bond motifs is 1. The number of ether oxygens (including phenoxy) is 1. The second kappa shape index (κ2) is 8.53. The highest BCUT2D eigenvalue weighted by Crippen LogP contribution is 2.39. The van der Waals surface area contributed by atoms with E-state index in [-0.39, 0.29) is 24.3 Å². The van der Waals surface area contributed by atoms with Crippen molar-refractivity contribution in [2.75, 3.05) is 23.4 Å². The molecule has 2 aromatic rings. The zero-order valence-corrected chi connectivity index (χ0v) is 17.6. The molecule has 1 aromatic carbocycles. The predicted octanol–water partition coefficient (Wildman–Crippen LogP) is 4.24. The number of rotatable bonds is 7. The van der Waals surface area contributed by atoms with Crippen molar-refractivity contribution in [3.63, 3.8) is 0 Å². The summed E-state index contributed by atoms with van der Waals surface area (Å²) in [6, 6.07) is 6.25. The molecule has 0 spiro atoms. The van der Waals surface area contributed by atoms with Crippen LogP contribution in [0.1, 0.15) is 49.6 Å². The van der Waals surface area contributed by atoms with Crippen LogP contribution in [-0.2, 0) is 13.0 Å². The van der Waals surface area contributed by atoms with Crippen LogP contribution < -0.4 is 15.0 Å². The molecule has 1 aromatic heterocycles. The fourth-order valence-corrected chi connectivity index (χ4v) is 3.75. The lowest BCUT2D eigenvalue weighted by Gasteiger charge is -2.31. The first-order chi connectivity index (χ1) is 14.7. The molecule has 0 amide bonds. The Hall–Kier alpha value is -2.55. The van der Waals surface area contributed by atoms with Crippen LogP contribution in [0.5, 0.6) is 5.75 Å². The van der Waals surface area contributed by atoms with Gasteiger partial charge >= 0.3 is 6.36 Å². The molecule has 2 N–H and O–H groups in total. The summed E-state index contributed by atoms with van der Waals surface area (Å²) >= 11 is 0. The van der Waals surface area contributed by atoms with Crippen molar-refractivity contribution < 1.29 is 23.0 Å². The normalized spacial score (nSPS) is 17.5. The summed E-state index contributed by atoms with van der Waals surface area (Å²) in [4.78, 5) is 11.5. The number of aliphatic hydroxyl groups excluding tert-OH is 1. The number of benzene rings is 1. The minimum absolute atomic E-state index is 0.00512. The van der Waals surface area contributed by atoms with Gasteiger partial charge in [-0.3, -0.25) is 0 Å². The van der Waals surface area contributed by atoms with Crippen molar-refractivity contribution in [1.82, 2.24) is 9.97 Å². The molecule has 31 heavy (non-hydrogen) atoms. The number of nitrogens with one attached hydrogen (secondary N) is 1. The van der Waals surface area contributed by atoms with Gasteiger partial charge in [-0.05, 0) is 48.4 Å². The molecule has 1 saturated carbocycles. The Bertz CT molecular complexity index is 931. The van der Waals surface area contributed by atoms with Crippen molar-refractivity contribution in [1.29, 1.82) is 0 Å². The smallest absolute Gasteiger partial charge is 0.406 e. The van der Waals surface area contributed by atoms with Crippen molar-refractivity contribution >= 4 is 11.6 Å². The highest BCUT2D eigenvalue weighted by molar-refractivity contribution is 5.53. The number of anilines is 2. The van der Waals surface area contributed by atoms with Gasteiger partial charge in [0.1, 0.15) is 23.2 Å². The summed E-state index contributed by atoms with van der Waals surface area (Å²) in [5, 5.41) is 13.0. The van der Waals surface area contributed by atoms with Gasteiger partial charge in [0.2, 0.25) is 0 Å². The number of hydrogen-bond donors (Lipinski definition) is 2. The van der Waals surface area contributed by atoms with Gasteiger partial charge in [-0.1, -0.05) is 19.9 Å². The molecule has 0 radical (unpaired) electrons. The lowest BCUT2D eigenvalue weighted by Crippen LogP contribution is -2.33. The van der Waals surface area contributed by atoms with Crippen molar-refractivity contribution in [2.45, 2.75) is 58.0 Å². The van der Waals surface area contributed by atoms with Gasteiger partial charge in [0.25, 0.3) is 0 Å². The maximum absolute atomic E-state index is 12.6. The number of halogens is 3. The quantitative estimate of drug-likeness (QED) is 0.677. The van der Waals surface area contributed by atoms with Gasteiger partial charge < -0.3 is 20.1 Å². The maximum atomic E-state index is 12.6. The Balaban J connectivity index is 1.59. The number of aromatic nitrogens is 2. The zero-order chi connectivity index (χ0) is 22.2. The molecule has 0 bridgehead atoms. The molecule has 2 heterocycles. The van der Waals surface area contributed by atoms with Gasteiger partial charge in [0.05, 0.1) is 12.6 Å². The van der Waals surface area contributed by atoms with E-state index >= 15 is 0 Å². The molecule has 2 aliphatic rings. The van der Waals surface area contributed by atoms with Crippen LogP contribution in [0.15, 0.2) is 24.3 Å². The first kappa shape index (κ1) is 21.7. The van der Waals surface area contributed by atoms with Gasteiger partial charge in [-0.15, -0.1) is 13.2 Å². The second-order valence-corrected chi connectivity index (χ2v) is 8.57. The molecule has 168 valence electrons. The minimum atomic E-state index is -4.71. The third-order valence-corrected chi connectivity index (χ3v) is 5.75. The summed E-state index contributed by atoms with van der Waals surface area (Å²) < 4.78 is 41.9. The summed E-state index contributed by atoms with van der Waals surface area (Å²) in [7, 11) is 0. The number of alkyl halides is 3. The van der Waals surface area contributed by atoms with E-state index in [0.29, 0.717) is 31.2 Å². The minimum Gasteiger partial charge on any atom is -0.406 e. The number of aliphatic hydroxyl groups is 1. The van der Waals surface area contributed by atoms with E-state index in [9.17, 15) is 18.3 Å². The van der Waals surface area contributed by atoms with E-state index in [4.69, 9.17) is 4.98 Å². The van der Waals surface area contributed by atoms with Crippen LogP contribution in [0.4, 0.5) is 24.8 Å². The highest BCUT2D eigenvalue weighted by Gasteiger charge is 2.32. The van der Waals surface area contributed by atoms with Crippen LogP contribution in [0, 0.1) is 5.92 Å². The largest absolute Gasteiger partial charge is 0.573 e. The Labute approximate surface area is 179 Å². The average Bonchev–Trinajstić information content (AvgIpc) is 3.55. The van der Waals surface area contributed by atoms with E-state index in [1.54, 1.807) is 6.07 Å². The van der Waals surface area contributed by atoms with Crippen LogP contribution in [0.2, 0.25) is 0 Å². The van der Waals surface area contributed by atoms with Gasteiger partial charge in [0, 0.05) is 25.1 Å². The molecular weight excluding hydrogens is 409 g/mol. The molecule has 1 fully saturated rings. The van der Waals surface area contributed by atoms with Gasteiger partial charge in [-0.25, -0.2) is 9.97 Å². The Morgan fingerprint density at radius 3 is 2.61 bits per heavy atom. The van der Waals surface area contributed by atoms with Crippen LogP contribution in [0.3, 0.4) is 0 Å². The van der Waals surface area contributed by atoms with Crippen LogP contribution in [0.25, 0.3) is 0 Å². The van der Waals surface area contributed by atoms with Gasteiger partial charge in [-0.2, -0.15) is 0 Å². The lowest BCUT2D eigenvalue weighted by atomic mass is 9.99. The molecule has 0 saturated heterocycles. The maximum Gasteiger partial charge on any atom is 0.573 e. The van der Waals surface area contributed by atoms with E-state index in [1.807, 2.05) is 19.9 Å². The molecule has 1 aliphatic heterocycles. The Morgan fingerprint density at radius 1 is 1.19 bits per heavy atom. The third-order valence-electron chi connectivity index (χ3n) is 5.75. The molecule has 9 heteroatoms. The molecular formula is C22H27F3N4O2. The SMILES string of the molecule is CC(C)[C@H](CO)Nc1cc(N2CCc3ccc(OC(F)(F)F)cc3C2)nc(C2CC2)n1. The third kappa shape index (κ3) is 5.39. The Morgan fingerprint density at radius 2 is 1.97 bits per heavy atom. The van der Waals surface area contributed by atoms with Gasteiger partial charge in [0.15, 0.2) is 0 Å². The van der Waals surface area contributed by atoms with Crippen LogP contribution in [-0.4, -0.2) is 40.6 Å². The first-order valence-corrected chi connectivity index (χ1v) is 10.6. The number of hydrogen-bond acceptors (Lipinski definition) is 6. The van der Waals surface area contributed by atoms with E-state index in [1.165, 1.54) is 12.1 Å². The summed E-state index contributed by atoms with van der Waals surface area (Å²) in [6.45, 7) is 5.20. The van der Waals surface area contributed by atoms with E-state index < -0.39 is 6.36 Å². The summed E-state index contributed by atoms with van der Waals surface area (Å²) in [5.74, 6) is 2.55. The second-order valence-electron chi connectivity index (χ2n) is 8.57.